The molecule has 0 aromatic heterocycles. The van der Waals surface area contributed by atoms with Gasteiger partial charge in [-0.15, -0.1) is 0 Å². The van der Waals surface area contributed by atoms with E-state index in [9.17, 15) is 9.90 Å². The molecule has 4 heteroatoms. The van der Waals surface area contributed by atoms with Gasteiger partial charge in [0, 0.05) is 6.04 Å². The number of nitrogens with one attached hydrogen (secondary N) is 1. The van der Waals surface area contributed by atoms with Gasteiger partial charge in [0.1, 0.15) is 0 Å². The monoisotopic (exact) mass is 262 g/mol. The van der Waals surface area contributed by atoms with Gasteiger partial charge in [-0.05, 0) is 36.8 Å². The summed E-state index contributed by atoms with van der Waals surface area (Å²) in [6.07, 6.45) is 3.32. The summed E-state index contributed by atoms with van der Waals surface area (Å²) in [6.45, 7) is 4.38. The maximum atomic E-state index is 12.2. The highest BCUT2D eigenvalue weighted by Gasteiger charge is 2.32. The fraction of sp³-hybridized carbons (Fsp3) is 0.533. The molecular weight excluding hydrogens is 240 g/mol. The topological polar surface area (TPSA) is 75.4 Å². The number of hydrogen-bond donors (Lipinski definition) is 3. The summed E-state index contributed by atoms with van der Waals surface area (Å²) in [5.74, 6) is 0.799. The number of hydrogen-bond acceptors (Lipinski definition) is 3. The summed E-state index contributed by atoms with van der Waals surface area (Å²) in [5.41, 5.74) is 6.10. The molecule has 1 fully saturated rings. The molecule has 2 rings (SSSR count). The Morgan fingerprint density at radius 3 is 2.84 bits per heavy atom. The van der Waals surface area contributed by atoms with E-state index < -0.39 is 0 Å². The second-order valence-electron chi connectivity index (χ2n) is 5.43. The molecule has 1 aromatic rings. The molecule has 4 nitrogen and oxygen atoms in total. The molecule has 3 unspecified atom stereocenters. The van der Waals surface area contributed by atoms with Crippen molar-refractivity contribution in [3.63, 3.8) is 0 Å². The van der Waals surface area contributed by atoms with Crippen LogP contribution in [0.1, 0.15) is 43.5 Å². The summed E-state index contributed by atoms with van der Waals surface area (Å²) in [7, 11) is 0. The van der Waals surface area contributed by atoms with Crippen molar-refractivity contribution in [2.45, 2.75) is 39.2 Å². The van der Waals surface area contributed by atoms with Gasteiger partial charge in [-0.2, -0.15) is 0 Å². The minimum Gasteiger partial charge on any atom is -0.505 e. The van der Waals surface area contributed by atoms with E-state index in [2.05, 4.69) is 19.2 Å². The Kier molecular flexibility index (Phi) is 3.98. The van der Waals surface area contributed by atoms with E-state index in [4.69, 9.17) is 5.73 Å². The zero-order valence-corrected chi connectivity index (χ0v) is 11.5. The van der Waals surface area contributed by atoms with Crippen molar-refractivity contribution in [1.29, 1.82) is 0 Å². The summed E-state index contributed by atoms with van der Waals surface area (Å²) >= 11 is 0. The number of phenolic OH excluding ortho intramolecular Hbond substituents is 1. The number of carbonyl (C=O) groups excluding carboxylic acids is 1. The third-order valence-corrected chi connectivity index (χ3v) is 4.38. The zero-order chi connectivity index (χ0) is 14.0. The maximum absolute atomic E-state index is 12.2. The van der Waals surface area contributed by atoms with E-state index in [0.717, 1.165) is 19.3 Å². The molecule has 4 N–H and O–H groups in total. The lowest BCUT2D eigenvalue weighted by Gasteiger charge is -2.21. The number of phenols is 1. The summed E-state index contributed by atoms with van der Waals surface area (Å²) in [5, 5.41) is 12.8. The van der Waals surface area contributed by atoms with Gasteiger partial charge >= 0.3 is 0 Å². The largest absolute Gasteiger partial charge is 0.505 e. The molecule has 1 aliphatic carbocycles. The highest BCUT2D eigenvalue weighted by atomic mass is 16.3. The summed E-state index contributed by atoms with van der Waals surface area (Å²) < 4.78 is 0. The SMILES string of the molecule is CCC1CCC(NC(=O)c2cccc(N)c2O)C1C. The van der Waals surface area contributed by atoms with Crippen molar-refractivity contribution in [3.8, 4) is 5.75 Å². The van der Waals surface area contributed by atoms with Crippen molar-refractivity contribution in [1.82, 2.24) is 5.32 Å². The third kappa shape index (κ3) is 2.67. The Hall–Kier alpha value is -1.71. The van der Waals surface area contributed by atoms with Crippen LogP contribution >= 0.6 is 0 Å². The number of nitrogen functional groups attached to an aromatic ring is 1. The normalized spacial score (nSPS) is 26.3. The number of benzene rings is 1. The van der Waals surface area contributed by atoms with E-state index in [1.54, 1.807) is 18.2 Å². The van der Waals surface area contributed by atoms with E-state index >= 15 is 0 Å². The summed E-state index contributed by atoms with van der Waals surface area (Å²) in [4.78, 5) is 12.2. The van der Waals surface area contributed by atoms with Gasteiger partial charge < -0.3 is 16.2 Å². The molecule has 1 amide bonds. The van der Waals surface area contributed by atoms with Crippen LogP contribution in [0.5, 0.6) is 5.75 Å². The van der Waals surface area contributed by atoms with Crippen molar-refractivity contribution in [2.75, 3.05) is 5.73 Å². The molecule has 1 aliphatic rings. The molecule has 0 radical (unpaired) electrons. The third-order valence-electron chi connectivity index (χ3n) is 4.38. The minimum absolute atomic E-state index is 0.127. The Bertz CT molecular complexity index is 473. The summed E-state index contributed by atoms with van der Waals surface area (Å²) in [6, 6.07) is 5.05. The van der Waals surface area contributed by atoms with Gasteiger partial charge in [0.2, 0.25) is 0 Å². The molecule has 19 heavy (non-hydrogen) atoms. The van der Waals surface area contributed by atoms with Gasteiger partial charge in [-0.3, -0.25) is 4.79 Å². The van der Waals surface area contributed by atoms with Gasteiger partial charge in [-0.25, -0.2) is 0 Å². The first kappa shape index (κ1) is 13.7. The van der Waals surface area contributed by atoms with Crippen LogP contribution < -0.4 is 11.1 Å². The first-order valence-corrected chi connectivity index (χ1v) is 6.92. The van der Waals surface area contributed by atoms with Crippen LogP contribution in [0.4, 0.5) is 5.69 Å². The fourth-order valence-corrected chi connectivity index (χ4v) is 3.02. The second kappa shape index (κ2) is 5.51. The average molecular weight is 262 g/mol. The maximum Gasteiger partial charge on any atom is 0.255 e. The van der Waals surface area contributed by atoms with Crippen LogP contribution in [-0.4, -0.2) is 17.1 Å². The highest BCUT2D eigenvalue weighted by molar-refractivity contribution is 5.98. The van der Waals surface area contributed by atoms with Crippen LogP contribution in [-0.2, 0) is 0 Å². The molecule has 0 heterocycles. The standard InChI is InChI=1S/C15H22N2O2/c1-3-10-7-8-13(9(10)2)17-15(19)11-5-4-6-12(16)14(11)18/h4-6,9-10,13,18H,3,7-8,16H2,1-2H3,(H,17,19). The van der Waals surface area contributed by atoms with Crippen molar-refractivity contribution < 1.29 is 9.90 Å². The fourth-order valence-electron chi connectivity index (χ4n) is 3.02. The Balaban J connectivity index is 2.08. The molecule has 104 valence electrons. The number of nitrogens with two attached hydrogens (primary N) is 1. The minimum atomic E-state index is -0.238. The lowest BCUT2D eigenvalue weighted by atomic mass is 9.93. The lowest BCUT2D eigenvalue weighted by Crippen LogP contribution is -2.37. The zero-order valence-electron chi connectivity index (χ0n) is 11.5. The van der Waals surface area contributed by atoms with Gasteiger partial charge in [-0.1, -0.05) is 26.3 Å². The van der Waals surface area contributed by atoms with Crippen LogP contribution in [0, 0.1) is 11.8 Å². The highest BCUT2D eigenvalue weighted by Crippen LogP contribution is 2.34. The molecule has 0 bridgehead atoms. The predicted octanol–water partition coefficient (Wildman–Crippen LogP) is 2.53. The van der Waals surface area contributed by atoms with E-state index in [1.165, 1.54) is 0 Å². The first-order chi connectivity index (χ1) is 9.04. The average Bonchev–Trinajstić information content (AvgIpc) is 2.73. The smallest absolute Gasteiger partial charge is 0.255 e. The number of anilines is 1. The van der Waals surface area contributed by atoms with Crippen molar-refractivity contribution >= 4 is 11.6 Å². The number of carbonyl (C=O) groups is 1. The Labute approximate surface area is 114 Å². The van der Waals surface area contributed by atoms with E-state index in [1.807, 2.05) is 0 Å². The Morgan fingerprint density at radius 1 is 1.47 bits per heavy atom. The predicted molar refractivity (Wildman–Crippen MR) is 76.0 cm³/mol. The van der Waals surface area contributed by atoms with Gasteiger partial charge in [0.25, 0.3) is 5.91 Å². The first-order valence-electron chi connectivity index (χ1n) is 6.92. The van der Waals surface area contributed by atoms with Gasteiger partial charge in [0.05, 0.1) is 11.3 Å². The number of para-hydroxylation sites is 1. The molecule has 1 aromatic carbocycles. The number of aromatic hydroxyl groups is 1. The van der Waals surface area contributed by atoms with E-state index in [0.29, 0.717) is 11.8 Å². The van der Waals surface area contributed by atoms with Crippen molar-refractivity contribution in [3.05, 3.63) is 23.8 Å². The number of amides is 1. The van der Waals surface area contributed by atoms with Crippen LogP contribution in [0.15, 0.2) is 18.2 Å². The van der Waals surface area contributed by atoms with Gasteiger partial charge in [0.15, 0.2) is 5.75 Å². The second-order valence-corrected chi connectivity index (χ2v) is 5.43. The van der Waals surface area contributed by atoms with Crippen molar-refractivity contribution in [2.24, 2.45) is 11.8 Å². The molecule has 1 saturated carbocycles. The van der Waals surface area contributed by atoms with Crippen LogP contribution in [0.25, 0.3) is 0 Å². The molecular formula is C15H22N2O2. The molecule has 0 saturated heterocycles. The van der Waals surface area contributed by atoms with Crippen LogP contribution in [0.2, 0.25) is 0 Å². The van der Waals surface area contributed by atoms with E-state index in [-0.39, 0.29) is 28.9 Å². The molecule has 0 spiro atoms. The number of rotatable bonds is 3. The Morgan fingerprint density at radius 2 is 2.21 bits per heavy atom. The molecule has 3 atom stereocenters. The lowest BCUT2D eigenvalue weighted by molar-refractivity contribution is 0.0924. The quantitative estimate of drug-likeness (QED) is 0.579. The van der Waals surface area contributed by atoms with Crippen LogP contribution in [0.3, 0.4) is 0 Å². The molecule has 0 aliphatic heterocycles.